The highest BCUT2D eigenvalue weighted by atomic mass is 16.6. The molecule has 2 heterocycles. The van der Waals surface area contributed by atoms with Crippen LogP contribution in [0.15, 0.2) is 30.9 Å². The molecule has 0 atom stereocenters. The fraction of sp³-hybridized carbons (Fsp3) is 0.400. The van der Waals surface area contributed by atoms with Gasteiger partial charge in [0.25, 0.3) is 0 Å². The zero-order chi connectivity index (χ0) is 12.7. The van der Waals surface area contributed by atoms with Crippen molar-refractivity contribution >= 4 is 5.69 Å². The highest BCUT2D eigenvalue weighted by molar-refractivity contribution is 5.20. The highest BCUT2D eigenvalue weighted by Crippen LogP contribution is 2.07. The summed E-state index contributed by atoms with van der Waals surface area (Å²) in [4.78, 5) is 9.92. The zero-order valence-corrected chi connectivity index (χ0v) is 9.85. The number of rotatable bonds is 4. The van der Waals surface area contributed by atoms with Crippen molar-refractivity contribution in [1.29, 1.82) is 0 Å². The minimum atomic E-state index is -0.461. The standard InChI is InChI=1S/C8H9N5O2.C2H6/c14-13(15)8-6-10-12(7-8)5-4-11-3-1-2-9-11;1-2/h1-3,6-7H,4-5H2;1-2H3. The van der Waals surface area contributed by atoms with Crippen LogP contribution in [0.4, 0.5) is 5.69 Å². The average molecular weight is 237 g/mol. The van der Waals surface area contributed by atoms with E-state index in [4.69, 9.17) is 0 Å². The first kappa shape index (κ1) is 12.9. The van der Waals surface area contributed by atoms with Gasteiger partial charge in [-0.05, 0) is 6.07 Å². The van der Waals surface area contributed by atoms with Crippen molar-refractivity contribution in [2.45, 2.75) is 26.9 Å². The van der Waals surface area contributed by atoms with Crippen LogP contribution in [0.25, 0.3) is 0 Å². The molecule has 0 radical (unpaired) electrons. The number of hydrogen-bond donors (Lipinski definition) is 0. The second kappa shape index (κ2) is 6.41. The van der Waals surface area contributed by atoms with E-state index >= 15 is 0 Å². The van der Waals surface area contributed by atoms with Gasteiger partial charge in [-0.15, -0.1) is 0 Å². The number of nitrogens with zero attached hydrogens (tertiary/aromatic N) is 5. The Balaban J connectivity index is 0.000000686. The molecule has 0 aliphatic heterocycles. The first-order valence-corrected chi connectivity index (χ1v) is 5.40. The molecule has 0 N–H and O–H groups in total. The fourth-order valence-corrected chi connectivity index (χ4v) is 1.21. The number of aromatic nitrogens is 4. The van der Waals surface area contributed by atoms with Crippen LogP contribution in [-0.2, 0) is 13.1 Å². The lowest BCUT2D eigenvalue weighted by molar-refractivity contribution is -0.385. The molecule has 2 rings (SSSR count). The second-order valence-electron chi connectivity index (χ2n) is 2.99. The van der Waals surface area contributed by atoms with Crippen LogP contribution in [-0.4, -0.2) is 24.5 Å². The van der Waals surface area contributed by atoms with Gasteiger partial charge in [0.1, 0.15) is 12.4 Å². The Kier molecular flexibility index (Phi) is 4.86. The third-order valence-electron chi connectivity index (χ3n) is 1.95. The minimum Gasteiger partial charge on any atom is -0.271 e. The van der Waals surface area contributed by atoms with E-state index in [2.05, 4.69) is 10.2 Å². The molecule has 0 bridgehead atoms. The van der Waals surface area contributed by atoms with E-state index in [0.29, 0.717) is 13.1 Å². The summed E-state index contributed by atoms with van der Waals surface area (Å²) in [6.07, 6.45) is 6.16. The van der Waals surface area contributed by atoms with Gasteiger partial charge in [-0.3, -0.25) is 19.5 Å². The van der Waals surface area contributed by atoms with Gasteiger partial charge in [0.05, 0.1) is 18.0 Å². The van der Waals surface area contributed by atoms with E-state index in [1.54, 1.807) is 10.9 Å². The molecular formula is C10H15N5O2. The Labute approximate surface area is 98.8 Å². The van der Waals surface area contributed by atoms with Crippen LogP contribution in [0.3, 0.4) is 0 Å². The fourth-order valence-electron chi connectivity index (χ4n) is 1.21. The quantitative estimate of drug-likeness (QED) is 0.599. The van der Waals surface area contributed by atoms with Crippen LogP contribution in [0.5, 0.6) is 0 Å². The van der Waals surface area contributed by atoms with Gasteiger partial charge in [0, 0.05) is 12.4 Å². The lowest BCUT2D eigenvalue weighted by atomic mass is 10.6. The van der Waals surface area contributed by atoms with E-state index in [-0.39, 0.29) is 5.69 Å². The molecule has 92 valence electrons. The van der Waals surface area contributed by atoms with Gasteiger partial charge in [-0.25, -0.2) is 0 Å². The van der Waals surface area contributed by atoms with Crippen LogP contribution in [0, 0.1) is 10.1 Å². The van der Waals surface area contributed by atoms with E-state index in [1.807, 2.05) is 26.1 Å². The second-order valence-corrected chi connectivity index (χ2v) is 2.99. The molecule has 2 aromatic rings. The number of nitro groups is 1. The summed E-state index contributed by atoms with van der Waals surface area (Å²) in [7, 11) is 0. The van der Waals surface area contributed by atoms with Crippen molar-refractivity contribution in [2.75, 3.05) is 0 Å². The summed E-state index contributed by atoms with van der Waals surface area (Å²) in [5, 5.41) is 18.3. The third-order valence-corrected chi connectivity index (χ3v) is 1.95. The van der Waals surface area contributed by atoms with E-state index in [0.717, 1.165) is 0 Å². The van der Waals surface area contributed by atoms with Gasteiger partial charge < -0.3 is 0 Å². The summed E-state index contributed by atoms with van der Waals surface area (Å²) in [6.45, 7) is 5.21. The molecule has 0 saturated heterocycles. The summed E-state index contributed by atoms with van der Waals surface area (Å²) in [5.41, 5.74) is 0.00969. The molecule has 0 aliphatic carbocycles. The molecule has 0 saturated carbocycles. The van der Waals surface area contributed by atoms with Crippen molar-refractivity contribution in [3.05, 3.63) is 41.0 Å². The molecule has 0 aromatic carbocycles. The maximum Gasteiger partial charge on any atom is 0.306 e. The third kappa shape index (κ3) is 3.71. The van der Waals surface area contributed by atoms with Crippen LogP contribution < -0.4 is 0 Å². The Morgan fingerprint density at radius 3 is 2.53 bits per heavy atom. The minimum absolute atomic E-state index is 0.00969. The van der Waals surface area contributed by atoms with Gasteiger partial charge in [0.15, 0.2) is 0 Å². The van der Waals surface area contributed by atoms with Crippen LogP contribution in [0.2, 0.25) is 0 Å². The average Bonchev–Trinajstić information content (AvgIpc) is 3.00. The van der Waals surface area contributed by atoms with Gasteiger partial charge in [-0.2, -0.15) is 10.2 Å². The van der Waals surface area contributed by atoms with Crippen molar-refractivity contribution < 1.29 is 4.92 Å². The lowest BCUT2D eigenvalue weighted by Gasteiger charge is -2.00. The molecule has 0 fully saturated rings. The molecule has 0 unspecified atom stereocenters. The molecule has 2 aromatic heterocycles. The zero-order valence-electron chi connectivity index (χ0n) is 9.85. The molecule has 0 aliphatic rings. The summed E-state index contributed by atoms with van der Waals surface area (Å²) in [5.74, 6) is 0. The Morgan fingerprint density at radius 2 is 2.00 bits per heavy atom. The Morgan fingerprint density at radius 1 is 1.29 bits per heavy atom. The largest absolute Gasteiger partial charge is 0.306 e. The Hall–Kier alpha value is -2.18. The highest BCUT2D eigenvalue weighted by Gasteiger charge is 2.07. The first-order valence-electron chi connectivity index (χ1n) is 5.40. The first-order chi connectivity index (χ1) is 8.25. The Bertz CT molecular complexity index is 449. The maximum atomic E-state index is 10.4. The maximum absolute atomic E-state index is 10.4. The molecule has 7 heteroatoms. The number of hydrogen-bond acceptors (Lipinski definition) is 4. The smallest absolute Gasteiger partial charge is 0.271 e. The van der Waals surface area contributed by atoms with Crippen LogP contribution in [0.1, 0.15) is 13.8 Å². The van der Waals surface area contributed by atoms with Gasteiger partial charge in [0.2, 0.25) is 0 Å². The molecule has 7 nitrogen and oxygen atoms in total. The van der Waals surface area contributed by atoms with E-state index in [9.17, 15) is 10.1 Å². The molecular weight excluding hydrogens is 222 g/mol. The van der Waals surface area contributed by atoms with Gasteiger partial charge >= 0.3 is 5.69 Å². The normalized spacial score (nSPS) is 9.53. The summed E-state index contributed by atoms with van der Waals surface area (Å²) >= 11 is 0. The summed E-state index contributed by atoms with van der Waals surface area (Å²) in [6, 6.07) is 1.82. The molecule has 17 heavy (non-hydrogen) atoms. The van der Waals surface area contributed by atoms with Crippen molar-refractivity contribution in [1.82, 2.24) is 19.6 Å². The monoisotopic (exact) mass is 237 g/mol. The molecule has 0 amide bonds. The van der Waals surface area contributed by atoms with Gasteiger partial charge in [-0.1, -0.05) is 13.8 Å². The lowest BCUT2D eigenvalue weighted by Crippen LogP contribution is -2.07. The number of aryl methyl sites for hydroxylation is 2. The van der Waals surface area contributed by atoms with E-state index in [1.165, 1.54) is 17.1 Å². The topological polar surface area (TPSA) is 78.8 Å². The van der Waals surface area contributed by atoms with E-state index < -0.39 is 4.92 Å². The predicted octanol–water partition coefficient (Wildman–Crippen LogP) is 1.71. The van der Waals surface area contributed by atoms with Crippen molar-refractivity contribution in [2.24, 2.45) is 0 Å². The summed E-state index contributed by atoms with van der Waals surface area (Å²) < 4.78 is 3.27. The van der Waals surface area contributed by atoms with Crippen molar-refractivity contribution in [3.63, 3.8) is 0 Å². The van der Waals surface area contributed by atoms with Crippen molar-refractivity contribution in [3.8, 4) is 0 Å². The predicted molar refractivity (Wildman–Crippen MR) is 62.5 cm³/mol. The SMILES string of the molecule is CC.O=[N+]([O-])c1cnn(CCn2cccn2)c1. The van der Waals surface area contributed by atoms with Crippen LogP contribution >= 0.6 is 0 Å². The molecule has 0 spiro atoms.